The van der Waals surface area contributed by atoms with E-state index in [1.54, 1.807) is 0 Å². The first-order valence-electron chi connectivity index (χ1n) is 6.04. The molecule has 90 valence electrons. The monoisotopic (exact) mass is 215 g/mol. The van der Waals surface area contributed by atoms with Gasteiger partial charge in [-0.3, -0.25) is 0 Å². The Morgan fingerprint density at radius 1 is 1.20 bits per heavy atom. The average Bonchev–Trinajstić information content (AvgIpc) is 2.27. The summed E-state index contributed by atoms with van der Waals surface area (Å²) in [4.78, 5) is 0. The second-order valence-electron chi connectivity index (χ2n) is 5.54. The van der Waals surface area contributed by atoms with Gasteiger partial charge in [-0.25, -0.2) is 0 Å². The van der Waals surface area contributed by atoms with Gasteiger partial charge in [0.15, 0.2) is 0 Å². The third-order valence-electron chi connectivity index (χ3n) is 3.41. The highest BCUT2D eigenvalue weighted by atomic mass is 16.3. The third kappa shape index (κ3) is 4.09. The minimum absolute atomic E-state index is 0.0581. The van der Waals surface area contributed by atoms with Crippen LogP contribution in [0, 0.1) is 11.3 Å². The fourth-order valence-corrected chi connectivity index (χ4v) is 2.16. The predicted molar refractivity (Wildman–Crippen MR) is 61.7 cm³/mol. The molecule has 0 heterocycles. The quantitative estimate of drug-likeness (QED) is 0.645. The molecule has 2 unspecified atom stereocenters. The Kier molecular flexibility index (Phi) is 5.03. The molecule has 0 aliphatic heterocycles. The summed E-state index contributed by atoms with van der Waals surface area (Å²) in [7, 11) is 0. The molecule has 1 aliphatic carbocycles. The topological polar surface area (TPSA) is 52.5 Å². The third-order valence-corrected chi connectivity index (χ3v) is 3.41. The SMILES string of the molecule is CC(C)(CO)CNC1CCCCC1CO. The average molecular weight is 215 g/mol. The van der Waals surface area contributed by atoms with E-state index >= 15 is 0 Å². The molecule has 3 heteroatoms. The Hall–Kier alpha value is -0.120. The minimum Gasteiger partial charge on any atom is -0.396 e. The van der Waals surface area contributed by atoms with Crippen molar-refractivity contribution in [2.45, 2.75) is 45.6 Å². The van der Waals surface area contributed by atoms with Gasteiger partial charge in [0.1, 0.15) is 0 Å². The lowest BCUT2D eigenvalue weighted by molar-refractivity contribution is 0.121. The number of aliphatic hydroxyl groups is 2. The summed E-state index contributed by atoms with van der Waals surface area (Å²) in [5.74, 6) is 0.410. The van der Waals surface area contributed by atoms with Crippen molar-refractivity contribution in [3.8, 4) is 0 Å². The van der Waals surface area contributed by atoms with Crippen LogP contribution in [-0.2, 0) is 0 Å². The lowest BCUT2D eigenvalue weighted by Crippen LogP contribution is -2.45. The smallest absolute Gasteiger partial charge is 0.0494 e. The first-order valence-corrected chi connectivity index (χ1v) is 6.04. The normalized spacial score (nSPS) is 28.0. The van der Waals surface area contributed by atoms with Gasteiger partial charge in [0.25, 0.3) is 0 Å². The van der Waals surface area contributed by atoms with E-state index in [0.29, 0.717) is 12.0 Å². The maximum absolute atomic E-state index is 9.26. The van der Waals surface area contributed by atoms with Crippen LogP contribution in [0.3, 0.4) is 0 Å². The first-order chi connectivity index (χ1) is 7.09. The van der Waals surface area contributed by atoms with Crippen LogP contribution in [-0.4, -0.2) is 36.0 Å². The number of aliphatic hydroxyl groups excluding tert-OH is 2. The molecule has 15 heavy (non-hydrogen) atoms. The molecule has 0 bridgehead atoms. The summed E-state index contributed by atoms with van der Waals surface area (Å²) < 4.78 is 0. The van der Waals surface area contributed by atoms with Crippen molar-refractivity contribution < 1.29 is 10.2 Å². The van der Waals surface area contributed by atoms with Gasteiger partial charge >= 0.3 is 0 Å². The van der Waals surface area contributed by atoms with Gasteiger partial charge < -0.3 is 15.5 Å². The van der Waals surface area contributed by atoms with Crippen molar-refractivity contribution in [3.05, 3.63) is 0 Å². The molecule has 3 N–H and O–H groups in total. The van der Waals surface area contributed by atoms with Crippen molar-refractivity contribution in [3.63, 3.8) is 0 Å². The first kappa shape index (κ1) is 12.9. The molecule has 0 aromatic rings. The molecule has 0 aromatic carbocycles. The van der Waals surface area contributed by atoms with Crippen molar-refractivity contribution >= 4 is 0 Å². The predicted octanol–water partition coefficient (Wildman–Crippen LogP) is 1.15. The second-order valence-corrected chi connectivity index (χ2v) is 5.54. The number of hydrogen-bond acceptors (Lipinski definition) is 3. The number of rotatable bonds is 5. The molecular formula is C12H25NO2. The van der Waals surface area contributed by atoms with E-state index in [-0.39, 0.29) is 18.6 Å². The molecule has 3 nitrogen and oxygen atoms in total. The van der Waals surface area contributed by atoms with Crippen LogP contribution in [0.15, 0.2) is 0 Å². The van der Waals surface area contributed by atoms with Gasteiger partial charge in [-0.05, 0) is 18.8 Å². The summed E-state index contributed by atoms with van der Waals surface area (Å²) >= 11 is 0. The van der Waals surface area contributed by atoms with Gasteiger partial charge in [-0.15, -0.1) is 0 Å². The van der Waals surface area contributed by atoms with E-state index in [4.69, 9.17) is 5.11 Å². The molecule has 1 aliphatic rings. The lowest BCUT2D eigenvalue weighted by Gasteiger charge is -2.34. The molecule has 1 fully saturated rings. The maximum Gasteiger partial charge on any atom is 0.0494 e. The maximum atomic E-state index is 9.26. The molecule has 1 rings (SSSR count). The van der Waals surface area contributed by atoms with Crippen molar-refractivity contribution in [1.82, 2.24) is 5.32 Å². The molecule has 0 amide bonds. The van der Waals surface area contributed by atoms with Crippen molar-refractivity contribution in [2.24, 2.45) is 11.3 Å². The van der Waals surface area contributed by atoms with E-state index in [2.05, 4.69) is 19.2 Å². The molecule has 0 aromatic heterocycles. The lowest BCUT2D eigenvalue weighted by atomic mass is 9.84. The zero-order valence-corrected chi connectivity index (χ0v) is 10.00. The zero-order valence-electron chi connectivity index (χ0n) is 10.00. The molecule has 1 saturated carbocycles. The van der Waals surface area contributed by atoms with Crippen LogP contribution < -0.4 is 5.32 Å². The summed E-state index contributed by atoms with van der Waals surface area (Å²) in [6.45, 7) is 5.42. The Balaban J connectivity index is 2.35. The second kappa shape index (κ2) is 5.83. The van der Waals surface area contributed by atoms with Crippen LogP contribution in [0.4, 0.5) is 0 Å². The minimum atomic E-state index is -0.0581. The molecular weight excluding hydrogens is 190 g/mol. The van der Waals surface area contributed by atoms with E-state index in [1.165, 1.54) is 12.8 Å². The molecule has 2 atom stereocenters. The highest BCUT2D eigenvalue weighted by molar-refractivity contribution is 4.82. The Bertz CT molecular complexity index is 182. The molecule has 0 saturated heterocycles. The van der Waals surface area contributed by atoms with Crippen molar-refractivity contribution in [2.75, 3.05) is 19.8 Å². The van der Waals surface area contributed by atoms with Gasteiger partial charge in [0, 0.05) is 31.2 Å². The van der Waals surface area contributed by atoms with E-state index in [9.17, 15) is 5.11 Å². The van der Waals surface area contributed by atoms with Crippen LogP contribution in [0.25, 0.3) is 0 Å². The largest absolute Gasteiger partial charge is 0.396 e. The fraction of sp³-hybridized carbons (Fsp3) is 1.00. The Morgan fingerprint density at radius 3 is 2.47 bits per heavy atom. The number of hydrogen-bond donors (Lipinski definition) is 3. The van der Waals surface area contributed by atoms with Crippen molar-refractivity contribution in [1.29, 1.82) is 0 Å². The number of nitrogens with one attached hydrogen (secondary N) is 1. The Labute approximate surface area is 92.9 Å². The summed E-state index contributed by atoms with van der Waals surface area (Å²) in [6, 6.07) is 0.439. The van der Waals surface area contributed by atoms with E-state index in [0.717, 1.165) is 19.4 Å². The van der Waals surface area contributed by atoms with Gasteiger partial charge in [0.2, 0.25) is 0 Å². The summed E-state index contributed by atoms with van der Waals surface area (Å²) in [6.07, 6.45) is 4.79. The van der Waals surface area contributed by atoms with Gasteiger partial charge in [-0.2, -0.15) is 0 Å². The van der Waals surface area contributed by atoms with Crippen LogP contribution in [0.2, 0.25) is 0 Å². The Morgan fingerprint density at radius 2 is 1.87 bits per heavy atom. The summed E-state index contributed by atoms with van der Waals surface area (Å²) in [5.41, 5.74) is -0.0581. The molecule has 0 radical (unpaired) electrons. The van der Waals surface area contributed by atoms with E-state index < -0.39 is 0 Å². The fourth-order valence-electron chi connectivity index (χ4n) is 2.16. The van der Waals surface area contributed by atoms with Crippen LogP contribution in [0.5, 0.6) is 0 Å². The zero-order chi connectivity index (χ0) is 11.3. The standard InChI is InChI=1S/C12H25NO2/c1-12(2,9-15)8-13-11-6-4-3-5-10(11)7-14/h10-11,13-15H,3-9H2,1-2H3. The van der Waals surface area contributed by atoms with Gasteiger partial charge in [-0.1, -0.05) is 26.7 Å². The highest BCUT2D eigenvalue weighted by Gasteiger charge is 2.26. The summed E-state index contributed by atoms with van der Waals surface area (Å²) in [5, 5.41) is 21.9. The van der Waals surface area contributed by atoms with Gasteiger partial charge in [0.05, 0.1) is 0 Å². The molecule has 0 spiro atoms. The van der Waals surface area contributed by atoms with E-state index in [1.807, 2.05) is 0 Å². The van der Waals surface area contributed by atoms with Crippen LogP contribution in [0.1, 0.15) is 39.5 Å². The highest BCUT2D eigenvalue weighted by Crippen LogP contribution is 2.24. The van der Waals surface area contributed by atoms with Crippen LogP contribution >= 0.6 is 0 Å².